The van der Waals surface area contributed by atoms with Gasteiger partial charge in [-0.15, -0.1) is 0 Å². The van der Waals surface area contributed by atoms with Crippen LogP contribution in [0, 0.1) is 0 Å². The number of hydrogen-bond acceptors (Lipinski definition) is 5. The summed E-state index contributed by atoms with van der Waals surface area (Å²) < 4.78 is 11.7. The van der Waals surface area contributed by atoms with Crippen molar-refractivity contribution in [2.45, 2.75) is 6.04 Å². The van der Waals surface area contributed by atoms with Crippen LogP contribution in [0.4, 0.5) is 5.69 Å². The Balaban J connectivity index is 2.12. The second-order valence-corrected chi connectivity index (χ2v) is 7.19. The second kappa shape index (κ2) is 8.87. The quantitative estimate of drug-likeness (QED) is 0.458. The average Bonchev–Trinajstić information content (AvgIpc) is 2.73. The van der Waals surface area contributed by atoms with Gasteiger partial charge in [0.15, 0.2) is 0 Å². The maximum Gasteiger partial charge on any atom is 0.335 e. The molecule has 0 saturated heterocycles. The molecule has 3 aromatic rings. The number of phenolic OH excluding ortho intramolecular Hbond substituents is 1. The van der Waals surface area contributed by atoms with E-state index in [1.165, 1.54) is 12.1 Å². The normalized spacial score (nSPS) is 11.6. The van der Waals surface area contributed by atoms with Crippen molar-refractivity contribution >= 4 is 27.6 Å². The number of carboxylic acid groups (broad SMARTS) is 1. The summed E-state index contributed by atoms with van der Waals surface area (Å²) in [6, 6.07) is 16.5. The molecule has 1 atom stereocenters. The summed E-state index contributed by atoms with van der Waals surface area (Å²) >= 11 is 3.45. The summed E-state index contributed by atoms with van der Waals surface area (Å²) in [5.74, 6) is 0.373. The van der Waals surface area contributed by atoms with Crippen molar-refractivity contribution in [3.05, 3.63) is 81.8 Å². The molecule has 0 spiro atoms. The molecule has 0 radical (unpaired) electrons. The molecule has 0 heterocycles. The van der Waals surface area contributed by atoms with Crippen LogP contribution in [0.15, 0.2) is 65.1 Å². The molecule has 3 rings (SSSR count). The highest BCUT2D eigenvalue weighted by Gasteiger charge is 2.23. The van der Waals surface area contributed by atoms with Gasteiger partial charge >= 0.3 is 5.97 Å². The van der Waals surface area contributed by atoms with E-state index in [4.69, 9.17) is 14.6 Å². The molecule has 0 aliphatic rings. The number of halogens is 1. The van der Waals surface area contributed by atoms with Crippen LogP contribution in [0.1, 0.15) is 27.5 Å². The minimum absolute atomic E-state index is 0.109. The molecule has 0 saturated carbocycles. The van der Waals surface area contributed by atoms with Crippen molar-refractivity contribution in [3.8, 4) is 17.2 Å². The summed E-state index contributed by atoms with van der Waals surface area (Å²) in [6.07, 6.45) is 0. The van der Waals surface area contributed by atoms with Gasteiger partial charge in [0.2, 0.25) is 0 Å². The van der Waals surface area contributed by atoms with E-state index in [0.717, 1.165) is 10.0 Å². The predicted octanol–water partition coefficient (Wildman–Crippen LogP) is 5.07. The van der Waals surface area contributed by atoms with Crippen molar-refractivity contribution in [2.24, 2.45) is 0 Å². The third-order valence-electron chi connectivity index (χ3n) is 4.49. The minimum Gasteiger partial charge on any atom is -0.508 e. The zero-order chi connectivity index (χ0) is 21.0. The first-order valence-corrected chi connectivity index (χ1v) is 9.52. The summed E-state index contributed by atoms with van der Waals surface area (Å²) in [4.78, 5) is 11.1. The van der Waals surface area contributed by atoms with Gasteiger partial charge in [-0.3, -0.25) is 0 Å². The molecule has 0 fully saturated rings. The van der Waals surface area contributed by atoms with E-state index in [1.54, 1.807) is 50.6 Å². The molecule has 0 aliphatic heterocycles. The topological polar surface area (TPSA) is 88.0 Å². The number of carbonyl (C=O) groups is 1. The van der Waals surface area contributed by atoms with E-state index in [9.17, 15) is 9.90 Å². The van der Waals surface area contributed by atoms with E-state index in [1.807, 2.05) is 12.1 Å². The Bertz CT molecular complexity index is 1020. The van der Waals surface area contributed by atoms with Crippen LogP contribution in [0.2, 0.25) is 0 Å². The van der Waals surface area contributed by atoms with Crippen LogP contribution in [-0.2, 0) is 0 Å². The average molecular weight is 458 g/mol. The number of anilines is 1. The van der Waals surface area contributed by atoms with Crippen molar-refractivity contribution in [1.82, 2.24) is 0 Å². The highest BCUT2D eigenvalue weighted by molar-refractivity contribution is 9.10. The maximum absolute atomic E-state index is 11.1. The smallest absolute Gasteiger partial charge is 0.335 e. The molecular formula is C22H20BrNO5. The lowest BCUT2D eigenvalue weighted by atomic mass is 9.96. The fraction of sp³-hybridized carbons (Fsp3) is 0.136. The summed E-state index contributed by atoms with van der Waals surface area (Å²) in [5.41, 5.74) is 2.25. The Kier molecular flexibility index (Phi) is 6.29. The molecule has 0 aromatic heterocycles. The molecule has 1 unspecified atom stereocenters. The molecular weight excluding hydrogens is 438 g/mol. The number of rotatable bonds is 7. The number of aromatic hydroxyl groups is 1. The minimum atomic E-state index is -0.993. The largest absolute Gasteiger partial charge is 0.508 e. The van der Waals surface area contributed by atoms with Crippen molar-refractivity contribution in [3.63, 3.8) is 0 Å². The van der Waals surface area contributed by atoms with E-state index in [0.29, 0.717) is 22.7 Å². The molecule has 3 aromatic carbocycles. The number of aromatic carboxylic acids is 1. The lowest BCUT2D eigenvalue weighted by Crippen LogP contribution is -2.14. The molecule has 7 heteroatoms. The Morgan fingerprint density at radius 1 is 0.966 bits per heavy atom. The fourth-order valence-corrected chi connectivity index (χ4v) is 3.40. The number of carboxylic acids is 1. The van der Waals surface area contributed by atoms with Gasteiger partial charge in [0.25, 0.3) is 0 Å². The number of nitrogens with one attached hydrogen (secondary N) is 1. The van der Waals surface area contributed by atoms with Crippen LogP contribution in [0.3, 0.4) is 0 Å². The molecule has 29 heavy (non-hydrogen) atoms. The highest BCUT2D eigenvalue weighted by atomic mass is 79.9. The molecule has 0 aliphatic carbocycles. The molecule has 0 bridgehead atoms. The van der Waals surface area contributed by atoms with Gasteiger partial charge in [-0.1, -0.05) is 15.9 Å². The zero-order valence-electron chi connectivity index (χ0n) is 15.8. The number of benzene rings is 3. The lowest BCUT2D eigenvalue weighted by Gasteiger charge is -2.24. The Hall–Kier alpha value is -3.19. The van der Waals surface area contributed by atoms with E-state index in [-0.39, 0.29) is 11.3 Å². The SMILES string of the molecule is COc1ccc(OC)c(C(Nc2ccc(C(=O)O)cc2)c2cc(Br)ccc2O)c1. The Morgan fingerprint density at radius 2 is 1.69 bits per heavy atom. The number of hydrogen-bond donors (Lipinski definition) is 3. The zero-order valence-corrected chi connectivity index (χ0v) is 17.4. The molecule has 6 nitrogen and oxygen atoms in total. The van der Waals surface area contributed by atoms with Crippen molar-refractivity contribution in [1.29, 1.82) is 0 Å². The van der Waals surface area contributed by atoms with Gasteiger partial charge in [-0.05, 0) is 60.7 Å². The van der Waals surface area contributed by atoms with E-state index in [2.05, 4.69) is 21.2 Å². The fourth-order valence-electron chi connectivity index (χ4n) is 3.02. The van der Waals surface area contributed by atoms with Crippen LogP contribution in [0.25, 0.3) is 0 Å². The summed E-state index contributed by atoms with van der Waals surface area (Å²) in [5, 5.41) is 23.0. The van der Waals surface area contributed by atoms with Gasteiger partial charge in [-0.2, -0.15) is 0 Å². The third-order valence-corrected chi connectivity index (χ3v) is 4.98. The van der Waals surface area contributed by atoms with Crippen LogP contribution in [-0.4, -0.2) is 30.4 Å². The number of phenols is 1. The van der Waals surface area contributed by atoms with Crippen LogP contribution < -0.4 is 14.8 Å². The van der Waals surface area contributed by atoms with E-state index >= 15 is 0 Å². The highest BCUT2D eigenvalue weighted by Crippen LogP contribution is 2.39. The van der Waals surface area contributed by atoms with Gasteiger partial charge in [0, 0.05) is 21.3 Å². The monoisotopic (exact) mass is 457 g/mol. The van der Waals surface area contributed by atoms with Gasteiger partial charge < -0.3 is 25.0 Å². The van der Waals surface area contributed by atoms with Crippen LogP contribution >= 0.6 is 15.9 Å². The number of methoxy groups -OCH3 is 2. The first-order valence-electron chi connectivity index (χ1n) is 8.73. The molecule has 0 amide bonds. The molecule has 3 N–H and O–H groups in total. The molecule has 150 valence electrons. The van der Waals surface area contributed by atoms with Gasteiger partial charge in [0.1, 0.15) is 17.2 Å². The Labute approximate surface area is 176 Å². The summed E-state index contributed by atoms with van der Waals surface area (Å²) in [6.45, 7) is 0. The van der Waals surface area contributed by atoms with Gasteiger partial charge in [-0.25, -0.2) is 4.79 Å². The summed E-state index contributed by atoms with van der Waals surface area (Å²) in [7, 11) is 3.15. The Morgan fingerprint density at radius 3 is 2.31 bits per heavy atom. The second-order valence-electron chi connectivity index (χ2n) is 6.27. The predicted molar refractivity (Wildman–Crippen MR) is 114 cm³/mol. The standard InChI is InChI=1S/C22H20BrNO5/c1-28-16-8-10-20(29-2)18(12-16)21(17-11-14(23)5-9-19(17)25)24-15-6-3-13(4-7-15)22(26)27/h3-12,21,24-25H,1-2H3,(H,26,27). The van der Waals surface area contributed by atoms with Crippen molar-refractivity contribution < 1.29 is 24.5 Å². The van der Waals surface area contributed by atoms with Gasteiger partial charge in [0.05, 0.1) is 25.8 Å². The van der Waals surface area contributed by atoms with Crippen LogP contribution in [0.5, 0.6) is 17.2 Å². The number of ether oxygens (including phenoxy) is 2. The first kappa shape index (κ1) is 20.5. The van der Waals surface area contributed by atoms with Crippen molar-refractivity contribution in [2.75, 3.05) is 19.5 Å². The lowest BCUT2D eigenvalue weighted by molar-refractivity contribution is 0.0697. The third kappa shape index (κ3) is 4.63. The maximum atomic E-state index is 11.1. The first-order chi connectivity index (χ1) is 13.9. The van der Waals surface area contributed by atoms with E-state index < -0.39 is 12.0 Å².